The van der Waals surface area contributed by atoms with E-state index in [1.54, 1.807) is 16.8 Å². The summed E-state index contributed by atoms with van der Waals surface area (Å²) in [5, 5.41) is 11.7. The van der Waals surface area contributed by atoms with Crippen LogP contribution < -0.4 is 5.32 Å². The Morgan fingerprint density at radius 3 is 2.38 bits per heavy atom. The summed E-state index contributed by atoms with van der Waals surface area (Å²) in [5.41, 5.74) is 4.13. The first kappa shape index (κ1) is 18.1. The molecule has 134 valence electrons. The number of rotatable bonds is 5. The Morgan fingerprint density at radius 1 is 1.12 bits per heavy atom. The highest BCUT2D eigenvalue weighted by molar-refractivity contribution is 6.30. The van der Waals surface area contributed by atoms with Gasteiger partial charge in [0.15, 0.2) is 5.69 Å². The SMILES string of the molecule is Cc1c(C(=O)NCc2ccc(C(C)C)cc2)nnn1-c1ccc(Cl)cc1. The predicted molar refractivity (Wildman–Crippen MR) is 103 cm³/mol. The minimum absolute atomic E-state index is 0.240. The van der Waals surface area contributed by atoms with E-state index in [0.717, 1.165) is 11.3 Å². The van der Waals surface area contributed by atoms with Crippen LogP contribution in [0.1, 0.15) is 47.1 Å². The first-order valence-electron chi connectivity index (χ1n) is 8.51. The monoisotopic (exact) mass is 368 g/mol. The highest BCUT2D eigenvalue weighted by Crippen LogP contribution is 2.16. The summed E-state index contributed by atoms with van der Waals surface area (Å²) in [7, 11) is 0. The van der Waals surface area contributed by atoms with Crippen LogP contribution in [0.15, 0.2) is 48.5 Å². The van der Waals surface area contributed by atoms with Crippen molar-refractivity contribution in [2.45, 2.75) is 33.2 Å². The second-order valence-corrected chi connectivity index (χ2v) is 6.93. The van der Waals surface area contributed by atoms with E-state index in [1.807, 2.05) is 31.2 Å². The second-order valence-electron chi connectivity index (χ2n) is 6.49. The topological polar surface area (TPSA) is 59.8 Å². The van der Waals surface area contributed by atoms with Crippen molar-refractivity contribution >= 4 is 17.5 Å². The molecule has 0 aliphatic carbocycles. The molecule has 1 N–H and O–H groups in total. The van der Waals surface area contributed by atoms with Crippen molar-refractivity contribution < 1.29 is 4.79 Å². The number of nitrogens with one attached hydrogen (secondary N) is 1. The molecule has 0 fully saturated rings. The molecule has 5 nitrogen and oxygen atoms in total. The molecule has 0 bridgehead atoms. The highest BCUT2D eigenvalue weighted by Gasteiger charge is 2.17. The zero-order chi connectivity index (χ0) is 18.7. The zero-order valence-corrected chi connectivity index (χ0v) is 15.8. The van der Waals surface area contributed by atoms with Crippen LogP contribution >= 0.6 is 11.6 Å². The fourth-order valence-electron chi connectivity index (χ4n) is 2.65. The summed E-state index contributed by atoms with van der Waals surface area (Å²) in [4.78, 5) is 12.5. The third-order valence-corrected chi connectivity index (χ3v) is 4.53. The van der Waals surface area contributed by atoms with Gasteiger partial charge in [0.05, 0.1) is 11.4 Å². The molecule has 3 rings (SSSR count). The molecule has 0 radical (unpaired) electrons. The molecule has 1 heterocycles. The lowest BCUT2D eigenvalue weighted by atomic mass is 10.0. The number of benzene rings is 2. The molecule has 0 aliphatic rings. The van der Waals surface area contributed by atoms with Crippen molar-refractivity contribution in [3.8, 4) is 5.69 Å². The molecule has 0 saturated carbocycles. The summed E-state index contributed by atoms with van der Waals surface area (Å²) < 4.78 is 1.63. The maximum absolute atomic E-state index is 12.5. The molecule has 1 amide bonds. The van der Waals surface area contributed by atoms with Gasteiger partial charge in [0.1, 0.15) is 0 Å². The molecule has 26 heavy (non-hydrogen) atoms. The van der Waals surface area contributed by atoms with E-state index in [9.17, 15) is 4.79 Å². The Kier molecular flexibility index (Phi) is 5.38. The van der Waals surface area contributed by atoms with E-state index >= 15 is 0 Å². The summed E-state index contributed by atoms with van der Waals surface area (Å²) in [6.07, 6.45) is 0. The maximum Gasteiger partial charge on any atom is 0.274 e. The van der Waals surface area contributed by atoms with Crippen LogP contribution in [0.4, 0.5) is 0 Å². The van der Waals surface area contributed by atoms with Crippen molar-refractivity contribution in [2.75, 3.05) is 0 Å². The molecule has 0 atom stereocenters. The summed E-state index contributed by atoms with van der Waals surface area (Å²) >= 11 is 5.91. The van der Waals surface area contributed by atoms with Gasteiger partial charge in [-0.2, -0.15) is 0 Å². The Hall–Kier alpha value is -2.66. The number of amides is 1. The average Bonchev–Trinajstić information content (AvgIpc) is 3.02. The normalized spacial score (nSPS) is 11.0. The van der Waals surface area contributed by atoms with Gasteiger partial charge in [-0.3, -0.25) is 4.79 Å². The van der Waals surface area contributed by atoms with Gasteiger partial charge in [-0.1, -0.05) is 54.9 Å². The number of aromatic nitrogens is 3. The molecule has 0 unspecified atom stereocenters. The summed E-state index contributed by atoms with van der Waals surface area (Å²) in [6.45, 7) is 6.58. The zero-order valence-electron chi connectivity index (χ0n) is 15.0. The third kappa shape index (κ3) is 3.94. The molecule has 0 saturated heterocycles. The number of nitrogens with zero attached hydrogens (tertiary/aromatic N) is 3. The van der Waals surface area contributed by atoms with Crippen LogP contribution in [0, 0.1) is 6.92 Å². The van der Waals surface area contributed by atoms with E-state index in [4.69, 9.17) is 11.6 Å². The van der Waals surface area contributed by atoms with Crippen LogP contribution in [-0.2, 0) is 6.54 Å². The van der Waals surface area contributed by atoms with Crippen molar-refractivity contribution in [1.29, 1.82) is 0 Å². The standard InChI is InChI=1S/C20H21ClN4O/c1-13(2)16-6-4-15(5-7-16)12-22-20(26)19-14(3)25(24-23-19)18-10-8-17(21)9-11-18/h4-11,13H,12H2,1-3H3,(H,22,26). The van der Waals surface area contributed by atoms with E-state index in [1.165, 1.54) is 5.56 Å². The minimum Gasteiger partial charge on any atom is -0.347 e. The fourth-order valence-corrected chi connectivity index (χ4v) is 2.78. The summed E-state index contributed by atoms with van der Waals surface area (Å²) in [5.74, 6) is 0.250. The number of carbonyl (C=O) groups excluding carboxylic acids is 1. The van der Waals surface area contributed by atoms with Gasteiger partial charge in [-0.05, 0) is 48.2 Å². The van der Waals surface area contributed by atoms with Crippen LogP contribution in [0.25, 0.3) is 5.69 Å². The van der Waals surface area contributed by atoms with Crippen molar-refractivity contribution in [1.82, 2.24) is 20.3 Å². The summed E-state index contributed by atoms with van der Waals surface area (Å²) in [6, 6.07) is 15.5. The van der Waals surface area contributed by atoms with Crippen molar-refractivity contribution in [3.05, 3.63) is 76.1 Å². The smallest absolute Gasteiger partial charge is 0.274 e. The van der Waals surface area contributed by atoms with Gasteiger partial charge in [-0.25, -0.2) is 4.68 Å². The van der Waals surface area contributed by atoms with Crippen molar-refractivity contribution in [3.63, 3.8) is 0 Å². The van der Waals surface area contributed by atoms with Crippen LogP contribution in [0.5, 0.6) is 0 Å². The first-order chi connectivity index (χ1) is 12.5. The van der Waals surface area contributed by atoms with Crippen LogP contribution in [-0.4, -0.2) is 20.9 Å². The molecule has 6 heteroatoms. The van der Waals surface area contributed by atoms with E-state index in [2.05, 4.69) is 41.6 Å². The lowest BCUT2D eigenvalue weighted by molar-refractivity contribution is 0.0945. The van der Waals surface area contributed by atoms with Gasteiger partial charge in [0, 0.05) is 11.6 Å². The Morgan fingerprint density at radius 2 is 1.77 bits per heavy atom. The molecule has 3 aromatic rings. The Balaban J connectivity index is 1.69. The van der Waals surface area contributed by atoms with E-state index in [0.29, 0.717) is 28.9 Å². The van der Waals surface area contributed by atoms with Crippen molar-refractivity contribution in [2.24, 2.45) is 0 Å². The van der Waals surface area contributed by atoms with Gasteiger partial charge < -0.3 is 5.32 Å². The highest BCUT2D eigenvalue weighted by atomic mass is 35.5. The Labute approximate surface area is 158 Å². The van der Waals surface area contributed by atoms with Crippen LogP contribution in [0.3, 0.4) is 0 Å². The molecule has 0 spiro atoms. The fraction of sp³-hybridized carbons (Fsp3) is 0.250. The number of halogens is 1. The number of hydrogen-bond acceptors (Lipinski definition) is 3. The maximum atomic E-state index is 12.5. The lowest BCUT2D eigenvalue weighted by Gasteiger charge is -2.08. The Bertz CT molecular complexity index is 899. The van der Waals surface area contributed by atoms with Crippen LogP contribution in [0.2, 0.25) is 5.02 Å². The molecule has 0 aliphatic heterocycles. The number of hydrogen-bond donors (Lipinski definition) is 1. The van der Waals surface area contributed by atoms with Gasteiger partial charge in [0.25, 0.3) is 5.91 Å². The average molecular weight is 369 g/mol. The molecule has 2 aromatic carbocycles. The predicted octanol–water partition coefficient (Wildman–Crippen LogP) is 4.28. The van der Waals surface area contributed by atoms with Gasteiger partial charge >= 0.3 is 0 Å². The molecular formula is C20H21ClN4O. The molecule has 1 aromatic heterocycles. The minimum atomic E-state index is -0.240. The molecular weight excluding hydrogens is 348 g/mol. The van der Waals surface area contributed by atoms with E-state index in [-0.39, 0.29) is 5.91 Å². The van der Waals surface area contributed by atoms with Gasteiger partial charge in [0.2, 0.25) is 0 Å². The largest absolute Gasteiger partial charge is 0.347 e. The van der Waals surface area contributed by atoms with E-state index < -0.39 is 0 Å². The lowest BCUT2D eigenvalue weighted by Crippen LogP contribution is -2.24. The second kappa shape index (κ2) is 7.70. The van der Waals surface area contributed by atoms with Gasteiger partial charge in [-0.15, -0.1) is 5.10 Å². The quantitative estimate of drug-likeness (QED) is 0.731. The third-order valence-electron chi connectivity index (χ3n) is 4.28. The first-order valence-corrected chi connectivity index (χ1v) is 8.89. The number of carbonyl (C=O) groups is 1.